The van der Waals surface area contributed by atoms with Crippen LogP contribution in [-0.4, -0.2) is 42.2 Å². The van der Waals surface area contributed by atoms with E-state index in [9.17, 15) is 4.79 Å². The maximum absolute atomic E-state index is 12.9. The molecule has 1 amide bonds. The van der Waals surface area contributed by atoms with Crippen LogP contribution in [0.3, 0.4) is 0 Å². The second kappa shape index (κ2) is 9.57. The number of rotatable bonds is 7. The predicted molar refractivity (Wildman–Crippen MR) is 125 cm³/mol. The molecular weight excluding hydrogens is 509 g/mol. The van der Waals surface area contributed by atoms with Crippen molar-refractivity contribution < 1.29 is 4.79 Å². The number of pyridine rings is 1. The Morgan fingerprint density at radius 3 is 2.71 bits per heavy atom. The van der Waals surface area contributed by atoms with E-state index in [0.717, 1.165) is 18.5 Å². The topological polar surface area (TPSA) is 137 Å². The molecule has 0 saturated carbocycles. The monoisotopic (exact) mass is 527 g/mol. The Balaban J connectivity index is 1.59. The molecule has 31 heavy (non-hydrogen) atoms. The highest BCUT2D eigenvalue weighted by molar-refractivity contribution is 14.1. The molecule has 4 aromatic rings. The van der Waals surface area contributed by atoms with E-state index < -0.39 is 5.91 Å². The third kappa shape index (κ3) is 4.83. The van der Waals surface area contributed by atoms with Gasteiger partial charge in [0.25, 0.3) is 5.91 Å². The van der Waals surface area contributed by atoms with Crippen molar-refractivity contribution in [2.75, 3.05) is 17.6 Å². The van der Waals surface area contributed by atoms with E-state index in [1.165, 1.54) is 29.1 Å². The van der Waals surface area contributed by atoms with Gasteiger partial charge in [0.2, 0.25) is 0 Å². The van der Waals surface area contributed by atoms with E-state index in [1.54, 1.807) is 18.5 Å². The van der Waals surface area contributed by atoms with Crippen molar-refractivity contribution in [3.8, 4) is 16.9 Å². The number of nitrogens with one attached hydrogen (secondary N) is 2. The number of benzene rings is 1. The van der Waals surface area contributed by atoms with E-state index in [0.29, 0.717) is 17.1 Å². The van der Waals surface area contributed by atoms with Crippen LogP contribution < -0.4 is 14.6 Å². The van der Waals surface area contributed by atoms with E-state index in [1.807, 2.05) is 24.3 Å². The number of hydrogen-bond donors (Lipinski definition) is 3. The van der Waals surface area contributed by atoms with Crippen molar-refractivity contribution in [2.45, 2.75) is 6.42 Å². The average molecular weight is 527 g/mol. The minimum Gasteiger partial charge on any atom is -0.382 e. The van der Waals surface area contributed by atoms with Gasteiger partial charge in [-0.05, 0) is 18.1 Å². The summed E-state index contributed by atoms with van der Waals surface area (Å²) in [5, 5.41) is 6.88. The molecule has 0 atom stereocenters. The van der Waals surface area contributed by atoms with Gasteiger partial charge in [-0.2, -0.15) is 5.10 Å². The first kappa shape index (κ1) is 20.8. The van der Waals surface area contributed by atoms with Gasteiger partial charge in [-0.25, -0.2) is 19.6 Å². The summed E-state index contributed by atoms with van der Waals surface area (Å²) in [5.74, 6) is -0.455. The normalized spacial score (nSPS) is 10.7. The van der Waals surface area contributed by atoms with E-state index in [2.05, 4.69) is 56.7 Å². The molecule has 3 heterocycles. The number of anilines is 2. The molecule has 0 bridgehead atoms. The molecule has 11 heteroatoms. The third-order valence-corrected chi connectivity index (χ3v) is 5.02. The molecule has 0 aliphatic heterocycles. The molecule has 156 valence electrons. The van der Waals surface area contributed by atoms with Crippen LogP contribution in [0.2, 0.25) is 0 Å². The lowest BCUT2D eigenvalue weighted by Gasteiger charge is -2.11. The van der Waals surface area contributed by atoms with E-state index in [-0.39, 0.29) is 11.5 Å². The first-order valence-electron chi connectivity index (χ1n) is 9.31. The first-order valence-corrected chi connectivity index (χ1v) is 10.4. The van der Waals surface area contributed by atoms with Crippen LogP contribution in [0.5, 0.6) is 0 Å². The minimum atomic E-state index is -0.494. The average Bonchev–Trinajstić information content (AvgIpc) is 3.33. The molecule has 0 spiro atoms. The highest BCUT2D eigenvalue weighted by Gasteiger charge is 2.17. The van der Waals surface area contributed by atoms with Crippen molar-refractivity contribution in [1.82, 2.24) is 33.2 Å². The van der Waals surface area contributed by atoms with Crippen LogP contribution in [0, 0.1) is 0 Å². The largest absolute Gasteiger partial charge is 0.382 e. The highest BCUT2D eigenvalue weighted by Crippen LogP contribution is 2.22. The lowest BCUT2D eigenvalue weighted by atomic mass is 10.1. The van der Waals surface area contributed by atoms with Crippen LogP contribution >= 0.6 is 22.9 Å². The van der Waals surface area contributed by atoms with Crippen LogP contribution in [0.1, 0.15) is 16.1 Å². The quantitative estimate of drug-likeness (QED) is 0.246. The van der Waals surface area contributed by atoms with Gasteiger partial charge in [-0.3, -0.25) is 13.3 Å². The molecule has 0 saturated heterocycles. The van der Waals surface area contributed by atoms with Crippen LogP contribution in [-0.2, 0) is 6.42 Å². The van der Waals surface area contributed by atoms with Gasteiger partial charge in [0.05, 0.1) is 29.5 Å². The van der Waals surface area contributed by atoms with Gasteiger partial charge in [0.15, 0.2) is 11.5 Å². The second-order valence-corrected chi connectivity index (χ2v) is 7.27. The molecule has 3 aromatic heterocycles. The van der Waals surface area contributed by atoms with Crippen LogP contribution in [0.4, 0.5) is 11.5 Å². The Morgan fingerprint density at radius 2 is 1.97 bits per heavy atom. The zero-order chi connectivity index (χ0) is 21.6. The standard InChI is InChI=1S/C20H18IN9O/c21-26-8-5-13-1-3-14(4-2-13)15-10-25-19(22)18(28-15)20(31)29-16-9-23-7-6-17(16)30-12-24-11-27-30/h1-4,6-7,9-12,26H,5,8H2,(H2,22,25)(H,29,31). The SMILES string of the molecule is Nc1ncc(-c2ccc(CCNI)cc2)nc1C(=O)Nc1cnccc1-n1cncn1. The fourth-order valence-corrected chi connectivity index (χ4v) is 3.21. The number of halogens is 1. The summed E-state index contributed by atoms with van der Waals surface area (Å²) in [6.07, 6.45) is 8.52. The minimum absolute atomic E-state index is 0.0316. The number of carbonyl (C=O) groups is 1. The van der Waals surface area contributed by atoms with Crippen molar-refractivity contribution in [2.24, 2.45) is 0 Å². The summed E-state index contributed by atoms with van der Waals surface area (Å²) in [6.45, 7) is 0.886. The third-order valence-electron chi connectivity index (χ3n) is 4.49. The van der Waals surface area contributed by atoms with Gasteiger partial charge in [-0.1, -0.05) is 24.3 Å². The summed E-state index contributed by atoms with van der Waals surface area (Å²) < 4.78 is 4.62. The molecule has 0 aliphatic rings. The van der Waals surface area contributed by atoms with Gasteiger partial charge < -0.3 is 11.1 Å². The van der Waals surface area contributed by atoms with E-state index in [4.69, 9.17) is 5.73 Å². The Bertz CT molecular complexity index is 1180. The Kier molecular flexibility index (Phi) is 6.43. The van der Waals surface area contributed by atoms with Crippen molar-refractivity contribution in [3.05, 3.63) is 72.8 Å². The number of nitrogen functional groups attached to an aromatic ring is 1. The molecule has 0 radical (unpaired) electrons. The molecule has 4 rings (SSSR count). The summed E-state index contributed by atoms with van der Waals surface area (Å²) in [7, 11) is 0. The van der Waals surface area contributed by atoms with Crippen molar-refractivity contribution in [3.63, 3.8) is 0 Å². The summed E-state index contributed by atoms with van der Waals surface area (Å²) in [6, 6.07) is 9.68. The summed E-state index contributed by atoms with van der Waals surface area (Å²) in [5.41, 5.74) is 9.64. The number of amides is 1. The Morgan fingerprint density at radius 1 is 1.13 bits per heavy atom. The lowest BCUT2D eigenvalue weighted by molar-refractivity contribution is 0.102. The van der Waals surface area contributed by atoms with Crippen LogP contribution in [0.15, 0.2) is 61.6 Å². The van der Waals surface area contributed by atoms with Crippen LogP contribution in [0.25, 0.3) is 16.9 Å². The van der Waals surface area contributed by atoms with Gasteiger partial charge in [-0.15, -0.1) is 0 Å². The molecule has 10 nitrogen and oxygen atoms in total. The fraction of sp³-hybridized carbons (Fsp3) is 0.100. The molecule has 0 fully saturated rings. The Labute approximate surface area is 191 Å². The summed E-state index contributed by atoms with van der Waals surface area (Å²) in [4.78, 5) is 29.6. The molecular formula is C20H18IN9O. The zero-order valence-electron chi connectivity index (χ0n) is 16.2. The number of carbonyl (C=O) groups excluding carboxylic acids is 1. The second-order valence-electron chi connectivity index (χ2n) is 6.51. The lowest BCUT2D eigenvalue weighted by Crippen LogP contribution is -2.18. The zero-order valence-corrected chi connectivity index (χ0v) is 18.4. The molecule has 0 aliphatic carbocycles. The smallest absolute Gasteiger partial charge is 0.278 e. The number of nitrogens with zero attached hydrogens (tertiary/aromatic N) is 6. The number of hydrogen-bond acceptors (Lipinski definition) is 8. The number of nitrogens with two attached hydrogens (primary N) is 1. The Hall–Kier alpha value is -3.45. The van der Waals surface area contributed by atoms with Crippen molar-refractivity contribution in [1.29, 1.82) is 0 Å². The summed E-state index contributed by atoms with van der Waals surface area (Å²) >= 11 is 2.13. The van der Waals surface area contributed by atoms with Gasteiger partial charge in [0, 0.05) is 41.2 Å². The van der Waals surface area contributed by atoms with Crippen molar-refractivity contribution >= 4 is 40.3 Å². The predicted octanol–water partition coefficient (Wildman–Crippen LogP) is 2.44. The maximum Gasteiger partial charge on any atom is 0.278 e. The first-order chi connectivity index (χ1) is 15.2. The van der Waals surface area contributed by atoms with Gasteiger partial charge in [0.1, 0.15) is 12.7 Å². The fourth-order valence-electron chi connectivity index (χ4n) is 2.94. The molecule has 1 aromatic carbocycles. The molecule has 0 unspecified atom stereocenters. The highest BCUT2D eigenvalue weighted by atomic mass is 127. The number of aromatic nitrogens is 6. The molecule has 4 N–H and O–H groups in total. The maximum atomic E-state index is 12.9. The van der Waals surface area contributed by atoms with Gasteiger partial charge >= 0.3 is 0 Å². The van der Waals surface area contributed by atoms with E-state index >= 15 is 0 Å².